The van der Waals surface area contributed by atoms with E-state index in [0.29, 0.717) is 39.6 Å². The van der Waals surface area contributed by atoms with Crippen molar-refractivity contribution in [1.29, 1.82) is 0 Å². The van der Waals surface area contributed by atoms with Crippen LogP contribution in [0.15, 0.2) is 12.1 Å². The van der Waals surface area contributed by atoms with E-state index in [1.54, 1.807) is 7.11 Å². The SMILES string of the molecule is COCCOCCOCCNc1c(F)cc(F)cc1Cl. The Kier molecular flexibility index (Phi) is 8.45. The van der Waals surface area contributed by atoms with E-state index in [0.717, 1.165) is 12.1 Å². The van der Waals surface area contributed by atoms with Gasteiger partial charge < -0.3 is 19.5 Å². The molecule has 0 saturated carbocycles. The minimum atomic E-state index is -0.724. The van der Waals surface area contributed by atoms with Crippen molar-refractivity contribution < 1.29 is 23.0 Å². The lowest BCUT2D eigenvalue weighted by atomic mass is 10.3. The van der Waals surface area contributed by atoms with Gasteiger partial charge in [0.25, 0.3) is 0 Å². The van der Waals surface area contributed by atoms with Gasteiger partial charge in [0.05, 0.1) is 43.7 Å². The topological polar surface area (TPSA) is 39.7 Å². The third-order valence-electron chi connectivity index (χ3n) is 2.36. The summed E-state index contributed by atoms with van der Waals surface area (Å²) in [6.07, 6.45) is 0. The summed E-state index contributed by atoms with van der Waals surface area (Å²) in [6.45, 7) is 2.69. The average Bonchev–Trinajstić information content (AvgIpc) is 2.39. The molecule has 0 aliphatic rings. The largest absolute Gasteiger partial charge is 0.382 e. The average molecular weight is 310 g/mol. The summed E-state index contributed by atoms with van der Waals surface area (Å²) >= 11 is 5.73. The van der Waals surface area contributed by atoms with Gasteiger partial charge >= 0.3 is 0 Å². The van der Waals surface area contributed by atoms with Gasteiger partial charge in [-0.3, -0.25) is 0 Å². The maximum Gasteiger partial charge on any atom is 0.150 e. The van der Waals surface area contributed by atoms with Gasteiger partial charge in [-0.05, 0) is 6.07 Å². The Morgan fingerprint density at radius 3 is 2.35 bits per heavy atom. The molecule has 0 atom stereocenters. The Morgan fingerprint density at radius 1 is 1.05 bits per heavy atom. The molecule has 114 valence electrons. The van der Waals surface area contributed by atoms with Crippen molar-refractivity contribution in [1.82, 2.24) is 0 Å². The van der Waals surface area contributed by atoms with Crippen molar-refractivity contribution in [2.24, 2.45) is 0 Å². The van der Waals surface area contributed by atoms with Crippen LogP contribution < -0.4 is 5.32 Å². The second-order valence-corrected chi connectivity index (χ2v) is 4.30. The van der Waals surface area contributed by atoms with Crippen LogP contribution in [0.1, 0.15) is 0 Å². The van der Waals surface area contributed by atoms with E-state index in [9.17, 15) is 8.78 Å². The summed E-state index contributed by atoms with van der Waals surface area (Å²) < 4.78 is 41.5. The molecular formula is C13H18ClF2NO3. The van der Waals surface area contributed by atoms with E-state index in [1.165, 1.54) is 0 Å². The molecule has 0 radical (unpaired) electrons. The summed E-state index contributed by atoms with van der Waals surface area (Å²) in [7, 11) is 1.60. The molecule has 0 saturated heterocycles. The molecule has 20 heavy (non-hydrogen) atoms. The molecule has 0 aliphatic heterocycles. The zero-order valence-corrected chi connectivity index (χ0v) is 12.0. The molecule has 0 aliphatic carbocycles. The van der Waals surface area contributed by atoms with Crippen LogP contribution in [0.4, 0.5) is 14.5 Å². The Hall–Kier alpha value is -0.950. The van der Waals surface area contributed by atoms with Crippen molar-refractivity contribution >= 4 is 17.3 Å². The minimum Gasteiger partial charge on any atom is -0.382 e. The van der Waals surface area contributed by atoms with Crippen molar-refractivity contribution in [3.05, 3.63) is 28.8 Å². The van der Waals surface area contributed by atoms with E-state index in [1.807, 2.05) is 0 Å². The standard InChI is InChI=1S/C13H18ClF2NO3/c1-18-4-5-20-7-6-19-3-2-17-13-11(14)8-10(15)9-12(13)16/h8-9,17H,2-7H2,1H3. The fourth-order valence-corrected chi connectivity index (χ4v) is 1.68. The van der Waals surface area contributed by atoms with Gasteiger partial charge in [0.2, 0.25) is 0 Å². The maximum atomic E-state index is 13.4. The number of ether oxygens (including phenoxy) is 3. The molecule has 0 heterocycles. The Balaban J connectivity index is 2.13. The van der Waals surface area contributed by atoms with Crippen LogP contribution in [0.3, 0.4) is 0 Å². The van der Waals surface area contributed by atoms with Crippen LogP contribution in [0.25, 0.3) is 0 Å². The third-order valence-corrected chi connectivity index (χ3v) is 2.66. The number of hydrogen-bond acceptors (Lipinski definition) is 4. The molecule has 1 aromatic rings. The van der Waals surface area contributed by atoms with Crippen molar-refractivity contribution in [2.75, 3.05) is 52.0 Å². The van der Waals surface area contributed by atoms with Crippen molar-refractivity contribution in [3.8, 4) is 0 Å². The zero-order valence-electron chi connectivity index (χ0n) is 11.3. The second-order valence-electron chi connectivity index (χ2n) is 3.89. The van der Waals surface area contributed by atoms with E-state index in [-0.39, 0.29) is 10.7 Å². The number of methoxy groups -OCH3 is 1. The lowest BCUT2D eigenvalue weighted by Gasteiger charge is -2.10. The first kappa shape index (κ1) is 17.1. The second kappa shape index (κ2) is 9.88. The predicted molar refractivity (Wildman–Crippen MR) is 73.4 cm³/mol. The molecule has 1 aromatic carbocycles. The maximum absolute atomic E-state index is 13.4. The quantitative estimate of drug-likeness (QED) is 0.675. The van der Waals surface area contributed by atoms with Gasteiger partial charge in [-0.15, -0.1) is 0 Å². The molecule has 0 spiro atoms. The van der Waals surface area contributed by atoms with Crippen LogP contribution in [-0.4, -0.2) is 46.7 Å². The molecule has 1 N–H and O–H groups in total. The van der Waals surface area contributed by atoms with E-state index in [4.69, 9.17) is 25.8 Å². The molecule has 0 unspecified atom stereocenters. The van der Waals surface area contributed by atoms with E-state index < -0.39 is 11.6 Å². The normalized spacial score (nSPS) is 10.8. The Labute approximate surface area is 122 Å². The Bertz CT molecular complexity index is 384. The molecule has 0 fully saturated rings. The highest BCUT2D eigenvalue weighted by Crippen LogP contribution is 2.25. The molecule has 4 nitrogen and oxygen atoms in total. The lowest BCUT2D eigenvalue weighted by Crippen LogP contribution is -2.14. The smallest absolute Gasteiger partial charge is 0.150 e. The van der Waals surface area contributed by atoms with Crippen molar-refractivity contribution in [2.45, 2.75) is 0 Å². The lowest BCUT2D eigenvalue weighted by molar-refractivity contribution is 0.0272. The number of benzene rings is 1. The zero-order chi connectivity index (χ0) is 14.8. The van der Waals surface area contributed by atoms with Crippen LogP contribution in [0, 0.1) is 11.6 Å². The summed E-state index contributed by atoms with van der Waals surface area (Å²) in [5.41, 5.74) is 0.0769. The first-order chi connectivity index (χ1) is 9.65. The van der Waals surface area contributed by atoms with E-state index >= 15 is 0 Å². The molecular weight excluding hydrogens is 292 g/mol. The summed E-state index contributed by atoms with van der Waals surface area (Å²) in [6, 6.07) is 1.83. The molecule has 0 amide bonds. The van der Waals surface area contributed by atoms with Crippen LogP contribution in [0.5, 0.6) is 0 Å². The fraction of sp³-hybridized carbons (Fsp3) is 0.538. The van der Waals surface area contributed by atoms with Crippen LogP contribution >= 0.6 is 11.6 Å². The predicted octanol–water partition coefficient (Wildman–Crippen LogP) is 2.71. The summed E-state index contributed by atoms with van der Waals surface area (Å²) in [5, 5.41) is 2.77. The van der Waals surface area contributed by atoms with Gasteiger partial charge in [0, 0.05) is 19.7 Å². The van der Waals surface area contributed by atoms with E-state index in [2.05, 4.69) is 5.32 Å². The monoisotopic (exact) mass is 309 g/mol. The van der Waals surface area contributed by atoms with Gasteiger partial charge in [0.1, 0.15) is 5.82 Å². The number of nitrogens with one attached hydrogen (secondary N) is 1. The molecule has 1 rings (SSSR count). The van der Waals surface area contributed by atoms with Gasteiger partial charge in [-0.2, -0.15) is 0 Å². The molecule has 0 bridgehead atoms. The molecule has 0 aromatic heterocycles. The summed E-state index contributed by atoms with van der Waals surface area (Å²) in [5.74, 6) is -1.43. The third kappa shape index (κ3) is 6.47. The highest BCUT2D eigenvalue weighted by molar-refractivity contribution is 6.33. The fourth-order valence-electron chi connectivity index (χ4n) is 1.42. The van der Waals surface area contributed by atoms with Gasteiger partial charge in [-0.1, -0.05) is 11.6 Å². The highest BCUT2D eigenvalue weighted by Gasteiger charge is 2.08. The number of rotatable bonds is 10. The van der Waals surface area contributed by atoms with Gasteiger partial charge in [0.15, 0.2) is 5.82 Å². The number of hydrogen-bond donors (Lipinski definition) is 1. The van der Waals surface area contributed by atoms with Crippen LogP contribution in [-0.2, 0) is 14.2 Å². The van der Waals surface area contributed by atoms with Crippen molar-refractivity contribution in [3.63, 3.8) is 0 Å². The van der Waals surface area contributed by atoms with Gasteiger partial charge in [-0.25, -0.2) is 8.78 Å². The molecule has 7 heteroatoms. The number of halogens is 3. The first-order valence-corrected chi connectivity index (χ1v) is 6.55. The minimum absolute atomic E-state index is 0.00500. The number of anilines is 1. The Morgan fingerprint density at radius 2 is 1.70 bits per heavy atom. The summed E-state index contributed by atoms with van der Waals surface area (Å²) in [4.78, 5) is 0. The highest BCUT2D eigenvalue weighted by atomic mass is 35.5. The first-order valence-electron chi connectivity index (χ1n) is 6.18. The van der Waals surface area contributed by atoms with Crippen LogP contribution in [0.2, 0.25) is 5.02 Å².